The van der Waals surface area contributed by atoms with E-state index in [9.17, 15) is 19.5 Å². The number of fused-ring (bicyclic) bond motifs is 1. The molecule has 302 valence electrons. The maximum atomic E-state index is 13.1. The van der Waals surface area contributed by atoms with Crippen LogP contribution in [0.2, 0.25) is 0 Å². The minimum Gasteiger partial charge on any atom is -0.393 e. The minimum absolute atomic E-state index is 0.00360. The van der Waals surface area contributed by atoms with E-state index in [0.717, 1.165) is 70.2 Å². The first kappa shape index (κ1) is 39.0. The average Bonchev–Trinajstić information content (AvgIpc) is 3.47. The van der Waals surface area contributed by atoms with Crippen molar-refractivity contribution < 1.29 is 29.0 Å². The molecule has 4 aliphatic heterocycles. The first-order valence-electron chi connectivity index (χ1n) is 22.5. The Labute approximate surface area is 324 Å². The summed E-state index contributed by atoms with van der Waals surface area (Å²) in [5.74, 6) is 2.03. The summed E-state index contributed by atoms with van der Waals surface area (Å²) < 4.78 is 12.9. The summed E-state index contributed by atoms with van der Waals surface area (Å²) in [4.78, 5) is 44.0. The summed E-state index contributed by atoms with van der Waals surface area (Å²) in [5, 5.41) is 12.7. The van der Waals surface area contributed by atoms with Gasteiger partial charge in [0.1, 0.15) is 6.04 Å². The molecule has 10 nitrogen and oxygen atoms in total. The van der Waals surface area contributed by atoms with E-state index in [2.05, 4.69) is 22.0 Å². The second-order valence-corrected chi connectivity index (χ2v) is 19.1. The normalized spacial score (nSPS) is 37.1. The van der Waals surface area contributed by atoms with Crippen molar-refractivity contribution in [2.75, 3.05) is 59.0 Å². The Balaban J connectivity index is 0.702. The quantitative estimate of drug-likeness (QED) is 0.189. The van der Waals surface area contributed by atoms with Crippen molar-refractivity contribution in [3.63, 3.8) is 0 Å². The number of nitrogens with zero attached hydrogens (tertiary/aromatic N) is 3. The van der Waals surface area contributed by atoms with Gasteiger partial charge in [0.15, 0.2) is 0 Å². The van der Waals surface area contributed by atoms with E-state index in [-0.39, 0.29) is 41.8 Å². The van der Waals surface area contributed by atoms with Gasteiger partial charge in [0, 0.05) is 63.6 Å². The molecular weight excluding hydrogens is 681 g/mol. The van der Waals surface area contributed by atoms with Gasteiger partial charge in [0.2, 0.25) is 17.7 Å². The van der Waals surface area contributed by atoms with Crippen molar-refractivity contribution in [1.29, 1.82) is 0 Å². The van der Waals surface area contributed by atoms with E-state index in [0.29, 0.717) is 36.8 Å². The molecule has 8 aliphatic rings. The highest BCUT2D eigenvalue weighted by molar-refractivity contribution is 6.02. The maximum absolute atomic E-state index is 13.1. The van der Waals surface area contributed by atoms with Crippen LogP contribution >= 0.6 is 0 Å². The van der Waals surface area contributed by atoms with Crippen molar-refractivity contribution >= 4 is 17.7 Å². The van der Waals surface area contributed by atoms with Crippen molar-refractivity contribution in [2.24, 2.45) is 35.0 Å². The molecule has 8 fully saturated rings. The van der Waals surface area contributed by atoms with E-state index >= 15 is 0 Å². The summed E-state index contributed by atoms with van der Waals surface area (Å²) in [7, 11) is 0. The highest BCUT2D eigenvalue weighted by Crippen LogP contribution is 2.46. The monoisotopic (exact) mass is 751 g/mol. The highest BCUT2D eigenvalue weighted by Gasteiger charge is 2.51. The smallest absolute Gasteiger partial charge is 0.249 e. The number of likely N-dealkylation sites (tertiary alicyclic amines) is 3. The summed E-state index contributed by atoms with van der Waals surface area (Å²) in [6.45, 7) is 11.4. The molecule has 0 aromatic carbocycles. The molecule has 4 heterocycles. The number of amides is 3. The fourth-order valence-electron chi connectivity index (χ4n) is 12.7. The number of carbonyl (C=O) groups excluding carboxylic acids is 3. The highest BCUT2D eigenvalue weighted by atomic mass is 16.5. The van der Waals surface area contributed by atoms with E-state index in [4.69, 9.17) is 9.47 Å². The number of hydrogen-bond donors (Lipinski definition) is 2. The molecule has 0 bridgehead atoms. The van der Waals surface area contributed by atoms with Crippen LogP contribution in [0.1, 0.15) is 129 Å². The third-order valence-electron chi connectivity index (χ3n) is 15.4. The van der Waals surface area contributed by atoms with Gasteiger partial charge in [-0.25, -0.2) is 0 Å². The number of rotatable bonds is 13. The lowest BCUT2D eigenvalue weighted by molar-refractivity contribution is -0.145. The number of carbonyl (C=O) groups is 3. The third-order valence-corrected chi connectivity index (χ3v) is 15.4. The van der Waals surface area contributed by atoms with Crippen LogP contribution in [0.3, 0.4) is 0 Å². The number of hydrogen-bond acceptors (Lipinski definition) is 8. The van der Waals surface area contributed by atoms with Crippen LogP contribution in [0.4, 0.5) is 0 Å². The molecule has 4 unspecified atom stereocenters. The number of aliphatic hydroxyl groups excluding tert-OH is 1. The van der Waals surface area contributed by atoms with E-state index < -0.39 is 6.04 Å². The second kappa shape index (κ2) is 17.3. The zero-order valence-corrected chi connectivity index (χ0v) is 33.3. The number of piperidine rings is 1. The lowest BCUT2D eigenvalue weighted by Crippen LogP contribution is -2.72. The molecule has 0 aromatic heterocycles. The van der Waals surface area contributed by atoms with Gasteiger partial charge in [0.05, 0.1) is 31.5 Å². The maximum Gasteiger partial charge on any atom is 0.249 e. The molecule has 3 amide bonds. The predicted octanol–water partition coefficient (Wildman–Crippen LogP) is 5.47. The van der Waals surface area contributed by atoms with Crippen LogP contribution in [-0.4, -0.2) is 121 Å². The van der Waals surface area contributed by atoms with Gasteiger partial charge in [-0.1, -0.05) is 37.3 Å². The SMILES string of the molecule is CC/C(=C(\C1CCC(O)CC1)C1CCC(OCCN2CC3(C2)CN(CCOC2CCC4C(=O)N(C5CCC(=O)NC5=O)CC4C2)C3)CC1)C1CCCCC1. The van der Waals surface area contributed by atoms with Crippen LogP contribution in [0.25, 0.3) is 0 Å². The molecule has 0 radical (unpaired) electrons. The summed E-state index contributed by atoms with van der Waals surface area (Å²) in [6.07, 6.45) is 21.4. The largest absolute Gasteiger partial charge is 0.393 e. The Hall–Kier alpha value is -1.85. The van der Waals surface area contributed by atoms with Crippen LogP contribution in [0.15, 0.2) is 11.1 Å². The summed E-state index contributed by atoms with van der Waals surface area (Å²) in [6, 6.07) is -0.496. The fraction of sp³-hybridized carbons (Fsp3) is 0.886. The Kier molecular flexibility index (Phi) is 12.5. The van der Waals surface area contributed by atoms with E-state index in [1.165, 1.54) is 103 Å². The van der Waals surface area contributed by atoms with Crippen molar-refractivity contribution in [3.05, 3.63) is 11.1 Å². The molecule has 8 rings (SSSR count). The Bertz CT molecular complexity index is 1350. The molecule has 54 heavy (non-hydrogen) atoms. The molecule has 1 spiro atoms. The molecule has 4 saturated carbocycles. The van der Waals surface area contributed by atoms with Gasteiger partial charge in [0.25, 0.3) is 0 Å². The standard InChI is InChI=1S/C44H70N4O6/c1-2-37(30-6-4-3-5-7-30)41(31-8-12-34(49)13-9-31)32-10-14-35(15-11-32)53-22-20-46-26-44(27-46)28-47(29-44)21-23-54-36-16-17-38-33(24-36)25-48(43(38)52)39-18-19-40(50)45-42(39)51/h30-36,38-39,49H,2-29H2,1H3,(H,45,50,51)/b41-37-. The van der Waals surface area contributed by atoms with Gasteiger partial charge in [-0.05, 0) is 120 Å². The van der Waals surface area contributed by atoms with Crippen LogP contribution in [0, 0.1) is 35.0 Å². The summed E-state index contributed by atoms with van der Waals surface area (Å²) >= 11 is 0. The fourth-order valence-corrected chi connectivity index (χ4v) is 12.7. The third kappa shape index (κ3) is 8.68. The number of aliphatic hydroxyl groups is 1. The zero-order valence-electron chi connectivity index (χ0n) is 33.3. The predicted molar refractivity (Wildman–Crippen MR) is 207 cm³/mol. The number of nitrogens with one attached hydrogen (secondary N) is 1. The molecule has 4 saturated heterocycles. The van der Waals surface area contributed by atoms with Gasteiger partial charge in [-0.15, -0.1) is 0 Å². The van der Waals surface area contributed by atoms with Crippen LogP contribution in [0.5, 0.6) is 0 Å². The number of ether oxygens (including phenoxy) is 2. The Morgan fingerprint density at radius 3 is 1.98 bits per heavy atom. The molecule has 4 aliphatic carbocycles. The van der Waals surface area contributed by atoms with Crippen molar-refractivity contribution in [2.45, 2.75) is 153 Å². The zero-order chi connectivity index (χ0) is 37.2. The molecule has 4 atom stereocenters. The topological polar surface area (TPSA) is 112 Å². The Morgan fingerprint density at radius 2 is 1.35 bits per heavy atom. The van der Waals surface area contributed by atoms with Crippen LogP contribution < -0.4 is 5.32 Å². The van der Waals surface area contributed by atoms with Crippen molar-refractivity contribution in [1.82, 2.24) is 20.0 Å². The van der Waals surface area contributed by atoms with E-state index in [1.807, 2.05) is 11.1 Å². The first-order chi connectivity index (χ1) is 26.3. The van der Waals surface area contributed by atoms with Gasteiger partial charge in [-0.3, -0.25) is 29.5 Å². The van der Waals surface area contributed by atoms with Gasteiger partial charge >= 0.3 is 0 Å². The van der Waals surface area contributed by atoms with E-state index in [1.54, 1.807) is 4.90 Å². The average molecular weight is 751 g/mol. The van der Waals surface area contributed by atoms with Gasteiger partial charge in [-0.2, -0.15) is 0 Å². The Morgan fingerprint density at radius 1 is 0.741 bits per heavy atom. The molecule has 0 aromatic rings. The molecule has 10 heteroatoms. The first-order valence-corrected chi connectivity index (χ1v) is 22.5. The molecular formula is C44H70N4O6. The summed E-state index contributed by atoms with van der Waals surface area (Å²) in [5.41, 5.74) is 4.16. The lowest BCUT2D eigenvalue weighted by atomic mass is 9.68. The minimum atomic E-state index is -0.496. The number of imide groups is 1. The van der Waals surface area contributed by atoms with Gasteiger partial charge < -0.3 is 19.5 Å². The second-order valence-electron chi connectivity index (χ2n) is 19.1. The van der Waals surface area contributed by atoms with Crippen molar-refractivity contribution in [3.8, 4) is 0 Å². The number of allylic oxidation sites excluding steroid dienone is 2. The molecule has 2 N–H and O–H groups in total. The van der Waals surface area contributed by atoms with Crippen LogP contribution in [-0.2, 0) is 23.9 Å². The lowest BCUT2D eigenvalue weighted by Gasteiger charge is -2.60.